The lowest BCUT2D eigenvalue weighted by Crippen LogP contribution is -2.27. The molecule has 2 aromatic carbocycles. The summed E-state index contributed by atoms with van der Waals surface area (Å²) in [4.78, 5) is 15.4. The van der Waals surface area contributed by atoms with Crippen molar-refractivity contribution in [2.24, 2.45) is 0 Å². The number of nitrogens with zero attached hydrogens (tertiary/aromatic N) is 1. The molecule has 0 aliphatic carbocycles. The lowest BCUT2D eigenvalue weighted by Gasteiger charge is -2.28. The van der Waals surface area contributed by atoms with Gasteiger partial charge >= 0.3 is 0 Å². The van der Waals surface area contributed by atoms with Crippen LogP contribution in [-0.4, -0.2) is 24.5 Å². The lowest BCUT2D eigenvalue weighted by molar-refractivity contribution is -0.128. The highest BCUT2D eigenvalue weighted by Gasteiger charge is 2.29. The first-order valence-corrected chi connectivity index (χ1v) is 8.72. The van der Waals surface area contributed by atoms with Gasteiger partial charge in [-0.25, -0.2) is 0 Å². The molecule has 0 N–H and O–H groups in total. The molecule has 1 amide bonds. The van der Waals surface area contributed by atoms with Crippen molar-refractivity contribution in [3.8, 4) is 5.75 Å². The molecule has 1 fully saturated rings. The van der Waals surface area contributed by atoms with E-state index < -0.39 is 0 Å². The predicted molar refractivity (Wildman–Crippen MR) is 93.7 cm³/mol. The maximum absolute atomic E-state index is 12.2. The van der Waals surface area contributed by atoms with Crippen molar-refractivity contribution in [3.05, 3.63) is 59.7 Å². The maximum atomic E-state index is 12.2. The van der Waals surface area contributed by atoms with Crippen molar-refractivity contribution < 1.29 is 9.53 Å². The summed E-state index contributed by atoms with van der Waals surface area (Å²) in [6.07, 6.45) is 1.61. The Morgan fingerprint density at radius 2 is 1.78 bits per heavy atom. The molecule has 0 aromatic heterocycles. The molecular weight excluding hydrogens is 306 g/mol. The smallest absolute Gasteiger partial charge is 0.223 e. The molecule has 1 heterocycles. The highest BCUT2D eigenvalue weighted by molar-refractivity contribution is 7.99. The number of amides is 1. The van der Waals surface area contributed by atoms with E-state index >= 15 is 0 Å². The van der Waals surface area contributed by atoms with Crippen molar-refractivity contribution in [1.82, 2.24) is 4.90 Å². The molecule has 1 aliphatic heterocycles. The SMILES string of the molecule is COc1ccc(SC(c2ccc(C)cc2)N2CCCC2=O)cc1. The van der Waals surface area contributed by atoms with Gasteiger partial charge in [0.15, 0.2) is 0 Å². The van der Waals surface area contributed by atoms with Gasteiger partial charge in [-0.1, -0.05) is 41.6 Å². The van der Waals surface area contributed by atoms with E-state index in [2.05, 4.69) is 31.2 Å². The molecule has 120 valence electrons. The zero-order chi connectivity index (χ0) is 16.2. The second-order valence-electron chi connectivity index (χ2n) is 5.75. The van der Waals surface area contributed by atoms with Crippen LogP contribution in [0, 0.1) is 6.92 Å². The fourth-order valence-corrected chi connectivity index (χ4v) is 3.94. The van der Waals surface area contributed by atoms with E-state index in [0.29, 0.717) is 6.42 Å². The Bertz CT molecular complexity index is 667. The van der Waals surface area contributed by atoms with E-state index in [1.165, 1.54) is 11.1 Å². The van der Waals surface area contributed by atoms with Crippen molar-refractivity contribution in [1.29, 1.82) is 0 Å². The van der Waals surface area contributed by atoms with Crippen LogP contribution in [0.3, 0.4) is 0 Å². The highest BCUT2D eigenvalue weighted by Crippen LogP contribution is 2.40. The molecule has 0 saturated carbocycles. The van der Waals surface area contributed by atoms with E-state index in [-0.39, 0.29) is 11.3 Å². The summed E-state index contributed by atoms with van der Waals surface area (Å²) >= 11 is 1.72. The molecule has 3 rings (SSSR count). The minimum absolute atomic E-state index is 0.0268. The average Bonchev–Trinajstić information content (AvgIpc) is 3.00. The summed E-state index contributed by atoms with van der Waals surface area (Å²) < 4.78 is 5.22. The molecule has 1 unspecified atom stereocenters. The van der Waals surface area contributed by atoms with Crippen LogP contribution in [-0.2, 0) is 4.79 Å². The number of thioether (sulfide) groups is 1. The fraction of sp³-hybridized carbons (Fsp3) is 0.316. The molecule has 1 aliphatic rings. The number of methoxy groups -OCH3 is 1. The molecule has 23 heavy (non-hydrogen) atoms. The first-order valence-electron chi connectivity index (χ1n) is 7.84. The van der Waals surface area contributed by atoms with Gasteiger partial charge in [-0.2, -0.15) is 0 Å². The van der Waals surface area contributed by atoms with Gasteiger partial charge in [-0.05, 0) is 43.2 Å². The van der Waals surface area contributed by atoms with Gasteiger partial charge in [-0.3, -0.25) is 4.79 Å². The zero-order valence-corrected chi connectivity index (χ0v) is 14.3. The molecule has 2 aromatic rings. The number of rotatable bonds is 5. The minimum Gasteiger partial charge on any atom is -0.497 e. The largest absolute Gasteiger partial charge is 0.497 e. The Labute approximate surface area is 141 Å². The van der Waals surface area contributed by atoms with Crippen LogP contribution in [0.4, 0.5) is 0 Å². The number of hydrogen-bond donors (Lipinski definition) is 0. The zero-order valence-electron chi connectivity index (χ0n) is 13.5. The summed E-state index contributed by atoms with van der Waals surface area (Å²) in [6.45, 7) is 2.91. The lowest BCUT2D eigenvalue weighted by atomic mass is 10.1. The first kappa shape index (κ1) is 15.9. The minimum atomic E-state index is 0.0268. The van der Waals surface area contributed by atoms with Gasteiger partial charge in [0.2, 0.25) is 5.91 Å². The molecule has 0 bridgehead atoms. The van der Waals surface area contributed by atoms with Crippen molar-refractivity contribution in [2.75, 3.05) is 13.7 Å². The van der Waals surface area contributed by atoms with Crippen LogP contribution in [0.1, 0.15) is 29.3 Å². The van der Waals surface area contributed by atoms with Crippen molar-refractivity contribution in [3.63, 3.8) is 0 Å². The summed E-state index contributed by atoms with van der Waals surface area (Å²) in [5, 5.41) is 0.0268. The quantitative estimate of drug-likeness (QED) is 0.762. The van der Waals surface area contributed by atoms with E-state index in [9.17, 15) is 4.79 Å². The molecule has 1 saturated heterocycles. The van der Waals surface area contributed by atoms with Crippen LogP contribution in [0.15, 0.2) is 53.4 Å². The topological polar surface area (TPSA) is 29.5 Å². The third kappa shape index (κ3) is 3.70. The third-order valence-electron chi connectivity index (χ3n) is 4.06. The van der Waals surface area contributed by atoms with Crippen LogP contribution in [0.2, 0.25) is 0 Å². The summed E-state index contributed by atoms with van der Waals surface area (Å²) in [7, 11) is 1.67. The Kier molecular flexibility index (Phi) is 4.91. The second-order valence-corrected chi connectivity index (χ2v) is 6.90. The Balaban J connectivity index is 1.87. The van der Waals surface area contributed by atoms with E-state index in [4.69, 9.17) is 4.74 Å². The third-order valence-corrected chi connectivity index (χ3v) is 5.36. The number of benzene rings is 2. The van der Waals surface area contributed by atoms with E-state index in [1.807, 2.05) is 29.2 Å². The second kappa shape index (κ2) is 7.09. The molecular formula is C19H21NO2S. The van der Waals surface area contributed by atoms with Gasteiger partial charge in [0.05, 0.1) is 7.11 Å². The van der Waals surface area contributed by atoms with Crippen molar-refractivity contribution in [2.45, 2.75) is 30.0 Å². The maximum Gasteiger partial charge on any atom is 0.223 e. The normalized spacial score (nSPS) is 15.7. The first-order chi connectivity index (χ1) is 11.2. The Morgan fingerprint density at radius 3 is 2.35 bits per heavy atom. The number of aryl methyl sites for hydroxylation is 1. The Morgan fingerprint density at radius 1 is 1.09 bits per heavy atom. The van der Waals surface area contributed by atoms with Gasteiger partial charge < -0.3 is 9.64 Å². The van der Waals surface area contributed by atoms with E-state index in [1.54, 1.807) is 18.9 Å². The average molecular weight is 327 g/mol. The monoisotopic (exact) mass is 327 g/mol. The molecule has 3 nitrogen and oxygen atoms in total. The van der Waals surface area contributed by atoms with Gasteiger partial charge in [0.25, 0.3) is 0 Å². The van der Waals surface area contributed by atoms with Crippen LogP contribution >= 0.6 is 11.8 Å². The van der Waals surface area contributed by atoms with Gasteiger partial charge in [-0.15, -0.1) is 0 Å². The number of carbonyl (C=O) groups is 1. The molecule has 4 heteroatoms. The van der Waals surface area contributed by atoms with Crippen LogP contribution in [0.5, 0.6) is 5.75 Å². The number of carbonyl (C=O) groups excluding carboxylic acids is 1. The number of likely N-dealkylation sites (tertiary alicyclic amines) is 1. The fourth-order valence-electron chi connectivity index (χ4n) is 2.74. The standard InChI is InChI=1S/C19H21NO2S/c1-14-5-7-15(8-6-14)19(20-13-3-4-18(20)21)23-17-11-9-16(22-2)10-12-17/h5-12,19H,3-4,13H2,1-2H3. The van der Waals surface area contributed by atoms with Gasteiger partial charge in [0.1, 0.15) is 11.1 Å². The molecule has 0 spiro atoms. The van der Waals surface area contributed by atoms with E-state index in [0.717, 1.165) is 23.6 Å². The van der Waals surface area contributed by atoms with Gasteiger partial charge in [0, 0.05) is 17.9 Å². The predicted octanol–water partition coefficient (Wildman–Crippen LogP) is 4.42. The summed E-state index contributed by atoms with van der Waals surface area (Å²) in [5.74, 6) is 1.09. The number of hydrogen-bond acceptors (Lipinski definition) is 3. The Hall–Kier alpha value is -1.94. The van der Waals surface area contributed by atoms with Crippen LogP contribution < -0.4 is 4.74 Å². The number of ether oxygens (including phenoxy) is 1. The molecule has 0 radical (unpaired) electrons. The van der Waals surface area contributed by atoms with Crippen molar-refractivity contribution >= 4 is 17.7 Å². The van der Waals surface area contributed by atoms with Crippen LogP contribution in [0.25, 0.3) is 0 Å². The summed E-state index contributed by atoms with van der Waals surface area (Å²) in [6, 6.07) is 16.5. The molecule has 1 atom stereocenters. The summed E-state index contributed by atoms with van der Waals surface area (Å²) in [5.41, 5.74) is 2.40. The highest BCUT2D eigenvalue weighted by atomic mass is 32.2.